The molecular formula is C21H23N3O2. The summed E-state index contributed by atoms with van der Waals surface area (Å²) in [5, 5.41) is 2.87. The van der Waals surface area contributed by atoms with Crippen LogP contribution in [0.1, 0.15) is 17.1 Å². The summed E-state index contributed by atoms with van der Waals surface area (Å²) in [7, 11) is 0. The van der Waals surface area contributed by atoms with Crippen molar-refractivity contribution in [2.24, 2.45) is 0 Å². The van der Waals surface area contributed by atoms with E-state index < -0.39 is 0 Å². The van der Waals surface area contributed by atoms with E-state index >= 15 is 0 Å². The average Bonchev–Trinajstić information content (AvgIpc) is 3.01. The van der Waals surface area contributed by atoms with Gasteiger partial charge in [0.15, 0.2) is 6.61 Å². The van der Waals surface area contributed by atoms with Crippen LogP contribution in [0.3, 0.4) is 0 Å². The summed E-state index contributed by atoms with van der Waals surface area (Å²) in [5.74, 6) is 1.50. The molecule has 0 unspecified atom stereocenters. The number of aromatic nitrogens is 2. The van der Waals surface area contributed by atoms with Crippen LogP contribution in [0, 0.1) is 13.8 Å². The number of ether oxygens (including phenoxy) is 1. The molecule has 0 fully saturated rings. The molecule has 26 heavy (non-hydrogen) atoms. The number of nitrogens with zero attached hydrogens (tertiary/aromatic N) is 2. The summed E-state index contributed by atoms with van der Waals surface area (Å²) in [6, 6.07) is 17.7. The number of aryl methyl sites for hydroxylation is 2. The summed E-state index contributed by atoms with van der Waals surface area (Å²) in [5.41, 5.74) is 3.14. The fourth-order valence-electron chi connectivity index (χ4n) is 2.74. The molecule has 3 rings (SSSR count). The van der Waals surface area contributed by atoms with E-state index in [9.17, 15) is 4.79 Å². The maximum Gasteiger partial charge on any atom is 0.257 e. The zero-order valence-corrected chi connectivity index (χ0v) is 15.1. The molecule has 2 aromatic carbocycles. The van der Waals surface area contributed by atoms with Crippen LogP contribution in [0.2, 0.25) is 0 Å². The maximum atomic E-state index is 11.9. The second-order valence-corrected chi connectivity index (χ2v) is 6.19. The Balaban J connectivity index is 1.47. The van der Waals surface area contributed by atoms with E-state index in [1.165, 1.54) is 0 Å². The lowest BCUT2D eigenvalue weighted by Crippen LogP contribution is -2.30. The summed E-state index contributed by atoms with van der Waals surface area (Å²) in [4.78, 5) is 16.5. The average molecular weight is 349 g/mol. The minimum absolute atomic E-state index is 0.0148. The molecule has 3 aromatic rings. The molecule has 0 bridgehead atoms. The molecule has 0 aliphatic carbocycles. The number of amides is 1. The van der Waals surface area contributed by atoms with Crippen LogP contribution in [0.15, 0.2) is 60.8 Å². The molecule has 0 spiro atoms. The van der Waals surface area contributed by atoms with Crippen LogP contribution in [0.25, 0.3) is 5.69 Å². The summed E-state index contributed by atoms with van der Waals surface area (Å²) in [6.07, 6.45) is 2.69. The Morgan fingerprint density at radius 1 is 1.12 bits per heavy atom. The number of hydrogen-bond acceptors (Lipinski definition) is 3. The first kappa shape index (κ1) is 17.7. The van der Waals surface area contributed by atoms with Gasteiger partial charge in [-0.2, -0.15) is 0 Å². The van der Waals surface area contributed by atoms with Crippen LogP contribution >= 0.6 is 0 Å². The van der Waals surface area contributed by atoms with Gasteiger partial charge in [0.1, 0.15) is 11.6 Å². The van der Waals surface area contributed by atoms with Crippen molar-refractivity contribution in [3.63, 3.8) is 0 Å². The van der Waals surface area contributed by atoms with Gasteiger partial charge in [0, 0.05) is 24.8 Å². The fourth-order valence-corrected chi connectivity index (χ4v) is 2.74. The number of carbonyl (C=O) groups is 1. The number of rotatable bonds is 7. The molecule has 0 saturated carbocycles. The van der Waals surface area contributed by atoms with E-state index in [1.807, 2.05) is 74.6 Å². The third-order valence-corrected chi connectivity index (χ3v) is 4.03. The second-order valence-electron chi connectivity index (χ2n) is 6.19. The standard InChI is InChI=1S/C21H23N3O2/c1-16-7-6-10-20(13-16)26-15-21(25)22-12-11-18-14-24(17(2)23-18)19-8-4-3-5-9-19/h3-10,13-14H,11-12,15H2,1-2H3,(H,22,25). The Morgan fingerprint density at radius 2 is 1.92 bits per heavy atom. The Morgan fingerprint density at radius 3 is 2.69 bits per heavy atom. The van der Waals surface area contributed by atoms with Crippen molar-refractivity contribution in [3.8, 4) is 11.4 Å². The Bertz CT molecular complexity index is 872. The Hall–Kier alpha value is -3.08. The van der Waals surface area contributed by atoms with Gasteiger partial charge >= 0.3 is 0 Å². The largest absolute Gasteiger partial charge is 0.484 e. The van der Waals surface area contributed by atoms with Crippen molar-refractivity contribution in [3.05, 3.63) is 77.9 Å². The van der Waals surface area contributed by atoms with Crippen molar-refractivity contribution < 1.29 is 9.53 Å². The number of nitrogens with one attached hydrogen (secondary N) is 1. The molecule has 1 N–H and O–H groups in total. The number of hydrogen-bond donors (Lipinski definition) is 1. The van der Waals surface area contributed by atoms with Crippen LogP contribution < -0.4 is 10.1 Å². The van der Waals surface area contributed by atoms with E-state index in [-0.39, 0.29) is 12.5 Å². The topological polar surface area (TPSA) is 56.1 Å². The highest BCUT2D eigenvalue weighted by Crippen LogP contribution is 2.13. The molecule has 1 aromatic heterocycles. The first-order valence-electron chi connectivity index (χ1n) is 8.68. The first-order valence-corrected chi connectivity index (χ1v) is 8.68. The minimum atomic E-state index is -0.134. The fraction of sp³-hybridized carbons (Fsp3) is 0.238. The summed E-state index contributed by atoms with van der Waals surface area (Å²) >= 11 is 0. The van der Waals surface area contributed by atoms with Crippen molar-refractivity contribution in [1.82, 2.24) is 14.9 Å². The van der Waals surface area contributed by atoms with E-state index in [0.717, 1.165) is 22.8 Å². The minimum Gasteiger partial charge on any atom is -0.484 e. The zero-order valence-electron chi connectivity index (χ0n) is 15.1. The molecule has 5 nitrogen and oxygen atoms in total. The zero-order chi connectivity index (χ0) is 18.4. The second kappa shape index (κ2) is 8.34. The lowest BCUT2D eigenvalue weighted by atomic mass is 10.2. The van der Waals surface area contributed by atoms with Crippen molar-refractivity contribution in [2.75, 3.05) is 13.2 Å². The van der Waals surface area contributed by atoms with Crippen LogP contribution in [0.5, 0.6) is 5.75 Å². The van der Waals surface area contributed by atoms with E-state index in [2.05, 4.69) is 14.9 Å². The monoisotopic (exact) mass is 349 g/mol. The van der Waals surface area contributed by atoms with Gasteiger partial charge in [-0.3, -0.25) is 4.79 Å². The molecule has 0 radical (unpaired) electrons. The lowest BCUT2D eigenvalue weighted by Gasteiger charge is -2.07. The molecular weight excluding hydrogens is 326 g/mol. The van der Waals surface area contributed by atoms with Gasteiger partial charge in [-0.1, -0.05) is 30.3 Å². The van der Waals surface area contributed by atoms with Crippen LogP contribution in [0.4, 0.5) is 0 Å². The molecule has 1 heterocycles. The van der Waals surface area contributed by atoms with Crippen molar-refractivity contribution in [1.29, 1.82) is 0 Å². The van der Waals surface area contributed by atoms with Gasteiger partial charge in [-0.05, 0) is 43.7 Å². The number of imidazole rings is 1. The number of para-hydroxylation sites is 1. The van der Waals surface area contributed by atoms with E-state index in [4.69, 9.17) is 4.74 Å². The number of carbonyl (C=O) groups excluding carboxylic acids is 1. The molecule has 0 saturated heterocycles. The Kier molecular flexibility index (Phi) is 5.69. The predicted octanol–water partition coefficient (Wildman–Crippen LogP) is 3.23. The summed E-state index contributed by atoms with van der Waals surface area (Å²) < 4.78 is 7.55. The molecule has 0 aliphatic rings. The number of benzene rings is 2. The highest BCUT2D eigenvalue weighted by molar-refractivity contribution is 5.77. The van der Waals surface area contributed by atoms with Crippen molar-refractivity contribution >= 4 is 5.91 Å². The van der Waals surface area contributed by atoms with Crippen molar-refractivity contribution in [2.45, 2.75) is 20.3 Å². The quantitative estimate of drug-likeness (QED) is 0.712. The third-order valence-electron chi connectivity index (χ3n) is 4.03. The Labute approximate surface area is 153 Å². The van der Waals surface area contributed by atoms with Gasteiger partial charge in [0.25, 0.3) is 5.91 Å². The predicted molar refractivity (Wildman–Crippen MR) is 102 cm³/mol. The third kappa shape index (κ3) is 4.72. The van der Waals surface area contributed by atoms with E-state index in [0.29, 0.717) is 18.7 Å². The SMILES string of the molecule is Cc1cccc(OCC(=O)NCCc2cn(-c3ccccc3)c(C)n2)c1. The normalized spacial score (nSPS) is 10.5. The molecule has 0 aliphatic heterocycles. The summed E-state index contributed by atoms with van der Waals surface area (Å²) in [6.45, 7) is 4.51. The maximum absolute atomic E-state index is 11.9. The van der Waals surface area contributed by atoms with Gasteiger partial charge < -0.3 is 14.6 Å². The van der Waals surface area contributed by atoms with E-state index in [1.54, 1.807) is 0 Å². The van der Waals surface area contributed by atoms with Crippen LogP contribution in [-0.4, -0.2) is 28.6 Å². The molecule has 5 heteroatoms. The van der Waals surface area contributed by atoms with Gasteiger partial charge in [0.2, 0.25) is 0 Å². The first-order chi connectivity index (χ1) is 12.6. The molecule has 134 valence electrons. The van der Waals surface area contributed by atoms with Gasteiger partial charge in [-0.15, -0.1) is 0 Å². The van der Waals surface area contributed by atoms with Crippen LogP contribution in [-0.2, 0) is 11.2 Å². The smallest absolute Gasteiger partial charge is 0.257 e. The highest BCUT2D eigenvalue weighted by Gasteiger charge is 2.07. The highest BCUT2D eigenvalue weighted by atomic mass is 16.5. The lowest BCUT2D eigenvalue weighted by molar-refractivity contribution is -0.123. The van der Waals surface area contributed by atoms with Gasteiger partial charge in [-0.25, -0.2) is 4.98 Å². The van der Waals surface area contributed by atoms with Gasteiger partial charge in [0.05, 0.1) is 5.69 Å². The molecule has 0 atom stereocenters. The molecule has 1 amide bonds.